The maximum absolute atomic E-state index is 13.1. The van der Waals surface area contributed by atoms with Crippen molar-refractivity contribution in [3.63, 3.8) is 0 Å². The second-order valence-electron chi connectivity index (χ2n) is 8.88. The normalized spacial score (nSPS) is 15.6. The van der Waals surface area contributed by atoms with Crippen LogP contribution in [0.2, 0.25) is 10.0 Å². The number of aryl methyl sites for hydroxylation is 1. The molecule has 5 rings (SSSR count). The van der Waals surface area contributed by atoms with Crippen LogP contribution >= 0.6 is 23.2 Å². The molecule has 0 unspecified atom stereocenters. The van der Waals surface area contributed by atoms with Crippen molar-refractivity contribution < 1.29 is 18.0 Å². The first-order chi connectivity index (χ1) is 17.2. The van der Waals surface area contributed by atoms with Gasteiger partial charge in [0.25, 0.3) is 0 Å². The van der Waals surface area contributed by atoms with Gasteiger partial charge in [0.15, 0.2) is 0 Å². The third kappa shape index (κ3) is 4.93. The van der Waals surface area contributed by atoms with Crippen molar-refractivity contribution in [3.05, 3.63) is 81.3 Å². The van der Waals surface area contributed by atoms with Crippen LogP contribution in [-0.2, 0) is 38.2 Å². The van der Waals surface area contributed by atoms with E-state index in [0.29, 0.717) is 28.3 Å². The fraction of sp³-hybridized carbons (Fsp3) is 0.231. The number of sulfonamides is 1. The van der Waals surface area contributed by atoms with Crippen molar-refractivity contribution in [2.24, 2.45) is 0 Å². The predicted molar refractivity (Wildman–Crippen MR) is 143 cm³/mol. The number of carbonyl (C=O) groups excluding carboxylic acids is 2. The quantitative estimate of drug-likeness (QED) is 0.396. The molecule has 2 N–H and O–H groups in total. The second kappa shape index (κ2) is 9.76. The lowest BCUT2D eigenvalue weighted by atomic mass is 9.89. The Labute approximate surface area is 219 Å². The van der Waals surface area contributed by atoms with Gasteiger partial charge in [0.1, 0.15) is 6.42 Å². The summed E-state index contributed by atoms with van der Waals surface area (Å²) < 4.78 is 28.0. The first-order valence-corrected chi connectivity index (χ1v) is 13.9. The van der Waals surface area contributed by atoms with Crippen molar-refractivity contribution >= 4 is 67.8 Å². The average Bonchev–Trinajstić information content (AvgIpc) is 2.97. The minimum atomic E-state index is -3.78. The van der Waals surface area contributed by atoms with E-state index in [-0.39, 0.29) is 34.0 Å². The molecule has 0 atom stereocenters. The Morgan fingerprint density at radius 3 is 2.47 bits per heavy atom. The number of carbonyl (C=O) groups is 2. The van der Waals surface area contributed by atoms with Gasteiger partial charge >= 0.3 is 0 Å². The molecule has 2 amide bonds. The molecule has 0 saturated heterocycles. The fourth-order valence-corrected chi connectivity index (χ4v) is 6.40. The standard InChI is InChI=1S/C26H23Cl2N3O4S/c27-21-7-3-5-17(25(21)28)15-36(34,35)30-18-9-11-19(12-10-18)31-22-13-8-16-4-1-2-6-20(16)26(22)29-23(32)14-24(31)33/h3,5,7-13,30H,1-2,4,6,14-15H2,(H,29,32). The highest BCUT2D eigenvalue weighted by Crippen LogP contribution is 2.41. The van der Waals surface area contributed by atoms with E-state index >= 15 is 0 Å². The van der Waals surface area contributed by atoms with Gasteiger partial charge in [-0.1, -0.05) is 41.4 Å². The smallest absolute Gasteiger partial charge is 0.241 e. The topological polar surface area (TPSA) is 95.6 Å². The highest BCUT2D eigenvalue weighted by molar-refractivity contribution is 7.91. The van der Waals surface area contributed by atoms with Crippen molar-refractivity contribution in [3.8, 4) is 0 Å². The SMILES string of the molecule is O=C1CC(=O)N(c2ccc(NS(=O)(=O)Cc3cccc(Cl)c3Cl)cc2)c2ccc3c(c2N1)CCCC3. The van der Waals surface area contributed by atoms with Crippen molar-refractivity contribution in [2.45, 2.75) is 37.9 Å². The van der Waals surface area contributed by atoms with Crippen LogP contribution in [0.4, 0.5) is 22.7 Å². The predicted octanol–water partition coefficient (Wildman–Crippen LogP) is 5.82. The Morgan fingerprint density at radius 1 is 0.944 bits per heavy atom. The summed E-state index contributed by atoms with van der Waals surface area (Å²) in [5.74, 6) is -1.04. The number of benzene rings is 3. The molecule has 3 aromatic carbocycles. The molecule has 0 aromatic heterocycles. The fourth-order valence-electron chi connectivity index (χ4n) is 4.72. The van der Waals surface area contributed by atoms with Crippen LogP contribution in [-0.4, -0.2) is 20.2 Å². The van der Waals surface area contributed by atoms with E-state index in [2.05, 4.69) is 10.0 Å². The Kier molecular flexibility index (Phi) is 6.68. The van der Waals surface area contributed by atoms with Crippen molar-refractivity contribution in [1.82, 2.24) is 0 Å². The summed E-state index contributed by atoms with van der Waals surface area (Å²) in [6, 6.07) is 15.2. The van der Waals surface area contributed by atoms with Crippen LogP contribution in [0.1, 0.15) is 36.0 Å². The van der Waals surface area contributed by atoms with Gasteiger partial charge in [-0.15, -0.1) is 0 Å². The molecule has 0 saturated carbocycles. The molecule has 1 aliphatic heterocycles. The summed E-state index contributed by atoms with van der Waals surface area (Å²) in [6.07, 6.45) is 3.64. The largest absolute Gasteiger partial charge is 0.324 e. The van der Waals surface area contributed by atoms with Gasteiger partial charge in [-0.25, -0.2) is 8.42 Å². The third-order valence-electron chi connectivity index (χ3n) is 6.35. The maximum Gasteiger partial charge on any atom is 0.241 e. The summed E-state index contributed by atoms with van der Waals surface area (Å²) in [5, 5.41) is 3.42. The minimum absolute atomic E-state index is 0.198. The number of amides is 2. The van der Waals surface area contributed by atoms with Crippen LogP contribution in [0.3, 0.4) is 0 Å². The number of halogens is 2. The van der Waals surface area contributed by atoms with Crippen LogP contribution in [0.25, 0.3) is 0 Å². The molecule has 1 heterocycles. The zero-order valence-electron chi connectivity index (χ0n) is 19.2. The summed E-state index contributed by atoms with van der Waals surface area (Å²) in [4.78, 5) is 27.1. The van der Waals surface area contributed by atoms with Crippen LogP contribution in [0.5, 0.6) is 0 Å². The Bertz CT molecular complexity index is 1470. The first-order valence-electron chi connectivity index (χ1n) is 11.5. The lowest BCUT2D eigenvalue weighted by molar-refractivity contribution is -0.124. The number of hydrogen-bond acceptors (Lipinski definition) is 4. The van der Waals surface area contributed by atoms with E-state index in [1.807, 2.05) is 12.1 Å². The van der Waals surface area contributed by atoms with Gasteiger partial charge in [-0.05, 0) is 78.8 Å². The molecule has 2 aliphatic rings. The van der Waals surface area contributed by atoms with Crippen molar-refractivity contribution in [1.29, 1.82) is 0 Å². The molecule has 0 spiro atoms. The zero-order chi connectivity index (χ0) is 25.4. The minimum Gasteiger partial charge on any atom is -0.324 e. The number of nitrogens with one attached hydrogen (secondary N) is 2. The molecule has 0 bridgehead atoms. The molecule has 3 aromatic rings. The lowest BCUT2D eigenvalue weighted by Crippen LogP contribution is -2.26. The van der Waals surface area contributed by atoms with Gasteiger partial charge in [0, 0.05) is 11.4 Å². The number of hydrogen-bond donors (Lipinski definition) is 2. The molecule has 7 nitrogen and oxygen atoms in total. The number of nitrogens with zero attached hydrogens (tertiary/aromatic N) is 1. The van der Waals surface area contributed by atoms with Gasteiger partial charge in [-0.3, -0.25) is 19.2 Å². The molecule has 0 radical (unpaired) electrons. The lowest BCUT2D eigenvalue weighted by Gasteiger charge is -2.26. The van der Waals surface area contributed by atoms with E-state index in [0.717, 1.165) is 31.2 Å². The molecular weight excluding hydrogens is 521 g/mol. The Balaban J connectivity index is 1.43. The van der Waals surface area contributed by atoms with E-state index in [9.17, 15) is 18.0 Å². The Hall–Kier alpha value is -3.07. The van der Waals surface area contributed by atoms with E-state index < -0.39 is 10.0 Å². The first kappa shape index (κ1) is 24.6. The zero-order valence-corrected chi connectivity index (χ0v) is 21.5. The molecule has 186 valence electrons. The summed E-state index contributed by atoms with van der Waals surface area (Å²) in [6.45, 7) is 0. The van der Waals surface area contributed by atoms with Gasteiger partial charge < -0.3 is 5.32 Å². The van der Waals surface area contributed by atoms with Crippen LogP contribution < -0.4 is 14.9 Å². The van der Waals surface area contributed by atoms with E-state index in [1.165, 1.54) is 10.5 Å². The second-order valence-corrected chi connectivity index (χ2v) is 11.4. The molecule has 36 heavy (non-hydrogen) atoms. The van der Waals surface area contributed by atoms with Gasteiger partial charge in [0.2, 0.25) is 21.8 Å². The molecule has 0 fully saturated rings. The van der Waals surface area contributed by atoms with Gasteiger partial charge in [0.05, 0.1) is 27.2 Å². The molecule has 10 heteroatoms. The third-order valence-corrected chi connectivity index (χ3v) is 8.45. The number of rotatable bonds is 5. The van der Waals surface area contributed by atoms with Crippen LogP contribution in [0.15, 0.2) is 54.6 Å². The highest BCUT2D eigenvalue weighted by atomic mass is 35.5. The monoisotopic (exact) mass is 543 g/mol. The van der Waals surface area contributed by atoms with Crippen molar-refractivity contribution in [2.75, 3.05) is 14.9 Å². The highest BCUT2D eigenvalue weighted by Gasteiger charge is 2.30. The number of anilines is 4. The van der Waals surface area contributed by atoms with E-state index in [4.69, 9.17) is 23.2 Å². The maximum atomic E-state index is 13.1. The molecule has 1 aliphatic carbocycles. The van der Waals surface area contributed by atoms with Crippen LogP contribution in [0, 0.1) is 0 Å². The number of fused-ring (bicyclic) bond motifs is 3. The summed E-state index contributed by atoms with van der Waals surface area (Å²) in [7, 11) is -3.78. The van der Waals surface area contributed by atoms with E-state index in [1.54, 1.807) is 42.5 Å². The Morgan fingerprint density at radius 2 is 1.69 bits per heavy atom. The molecular formula is C26H23Cl2N3O4S. The van der Waals surface area contributed by atoms with Gasteiger partial charge in [-0.2, -0.15) is 0 Å². The summed E-state index contributed by atoms with van der Waals surface area (Å²) in [5.41, 5.74) is 4.84. The summed E-state index contributed by atoms with van der Waals surface area (Å²) >= 11 is 12.1. The average molecular weight is 544 g/mol.